The van der Waals surface area contributed by atoms with Crippen LogP contribution in [0, 0.1) is 5.92 Å². The number of hydrogen-bond donors (Lipinski definition) is 1. The van der Waals surface area contributed by atoms with Crippen LogP contribution in [0.3, 0.4) is 0 Å². The minimum atomic E-state index is -0.931. The molecule has 7 heteroatoms. The first-order valence-electron chi connectivity index (χ1n) is 14.8. The molecule has 2 fully saturated rings. The van der Waals surface area contributed by atoms with Crippen LogP contribution in [0.1, 0.15) is 102 Å². The van der Waals surface area contributed by atoms with Crippen LogP contribution in [-0.4, -0.2) is 63.9 Å². The highest BCUT2D eigenvalue weighted by Crippen LogP contribution is 2.34. The zero-order chi connectivity index (χ0) is 26.6. The Kier molecular flexibility index (Phi) is 9.04. The Hall–Kier alpha value is -2.28. The molecule has 206 valence electrons. The molecule has 2 aromatic heterocycles. The fraction of sp³-hybridized carbons (Fsp3) is 0.733. The van der Waals surface area contributed by atoms with Crippen molar-refractivity contribution in [3.63, 3.8) is 0 Å². The van der Waals surface area contributed by atoms with E-state index in [4.69, 9.17) is 4.42 Å². The Morgan fingerprint density at radius 3 is 2.54 bits per heavy atom. The highest BCUT2D eigenvalue weighted by molar-refractivity contribution is 6.02. The second-order valence-electron chi connectivity index (χ2n) is 11.6. The van der Waals surface area contributed by atoms with E-state index >= 15 is 0 Å². The number of amides is 2. The number of rotatable bonds is 7. The predicted octanol–water partition coefficient (Wildman–Crippen LogP) is 5.82. The first-order chi connectivity index (χ1) is 17.9. The van der Waals surface area contributed by atoms with E-state index in [1.807, 2.05) is 42.4 Å². The van der Waals surface area contributed by atoms with E-state index in [0.29, 0.717) is 30.4 Å². The lowest BCUT2D eigenvalue weighted by molar-refractivity contribution is -0.133. The third-order valence-corrected chi connectivity index (χ3v) is 8.98. The molecular weight excluding hydrogens is 464 g/mol. The van der Waals surface area contributed by atoms with Gasteiger partial charge in [0.2, 0.25) is 5.91 Å². The van der Waals surface area contributed by atoms with Gasteiger partial charge in [0.05, 0.1) is 18.3 Å². The summed E-state index contributed by atoms with van der Waals surface area (Å²) in [4.78, 5) is 31.9. The zero-order valence-corrected chi connectivity index (χ0v) is 23.7. The summed E-state index contributed by atoms with van der Waals surface area (Å²) in [5.74, 6) is 0.629. The van der Waals surface area contributed by atoms with Gasteiger partial charge in [-0.25, -0.2) is 0 Å². The van der Waals surface area contributed by atoms with Crippen LogP contribution < -0.4 is 5.32 Å². The van der Waals surface area contributed by atoms with Crippen molar-refractivity contribution in [3.8, 4) is 0 Å². The minimum absolute atomic E-state index is 0.0259. The molecule has 1 aliphatic heterocycles. The summed E-state index contributed by atoms with van der Waals surface area (Å²) in [6, 6.07) is 4.57. The smallest absolute Gasteiger partial charge is 0.271 e. The maximum absolute atomic E-state index is 13.8. The topological polar surface area (TPSA) is 70.7 Å². The molecule has 1 N–H and O–H groups in total. The Morgan fingerprint density at radius 2 is 1.84 bits per heavy atom. The summed E-state index contributed by atoms with van der Waals surface area (Å²) in [5, 5.41) is 3.34. The van der Waals surface area contributed by atoms with Gasteiger partial charge in [-0.1, -0.05) is 40.0 Å². The Balaban J connectivity index is 0.00000156. The summed E-state index contributed by atoms with van der Waals surface area (Å²) >= 11 is 0. The molecule has 0 saturated heterocycles. The lowest BCUT2D eigenvalue weighted by Crippen LogP contribution is -2.65. The van der Waals surface area contributed by atoms with Gasteiger partial charge in [0, 0.05) is 30.8 Å². The second kappa shape index (κ2) is 12.1. The summed E-state index contributed by atoms with van der Waals surface area (Å²) < 4.78 is 7.58. The number of carbonyl (C=O) groups is 2. The second-order valence-corrected chi connectivity index (χ2v) is 11.6. The molecule has 37 heavy (non-hydrogen) atoms. The highest BCUT2D eigenvalue weighted by Gasteiger charge is 2.48. The minimum Gasteiger partial charge on any atom is -0.463 e. The number of carbonyl (C=O) groups excluding carboxylic acids is 2. The van der Waals surface area contributed by atoms with E-state index in [1.165, 1.54) is 32.1 Å². The van der Waals surface area contributed by atoms with Crippen molar-refractivity contribution in [2.24, 2.45) is 5.92 Å². The quantitative estimate of drug-likeness (QED) is 0.507. The van der Waals surface area contributed by atoms with Crippen LogP contribution in [-0.2, 0) is 11.3 Å². The molecular formula is C30H48N4O3. The fourth-order valence-corrected chi connectivity index (χ4v) is 6.55. The van der Waals surface area contributed by atoms with Crippen LogP contribution >= 0.6 is 0 Å². The zero-order valence-electron chi connectivity index (χ0n) is 23.7. The molecule has 0 radical (unpaired) electrons. The molecule has 2 aliphatic carbocycles. The molecule has 2 saturated carbocycles. The first-order valence-corrected chi connectivity index (χ1v) is 14.8. The molecule has 0 bridgehead atoms. The summed E-state index contributed by atoms with van der Waals surface area (Å²) in [6.45, 7) is 10.2. The Labute approximate surface area is 222 Å². The largest absolute Gasteiger partial charge is 0.463 e. The average Bonchev–Trinajstić information content (AvgIpc) is 3.51. The molecule has 0 aromatic carbocycles. The van der Waals surface area contributed by atoms with E-state index < -0.39 is 5.54 Å². The molecule has 2 aromatic rings. The molecule has 1 unspecified atom stereocenters. The van der Waals surface area contributed by atoms with Crippen molar-refractivity contribution in [2.75, 3.05) is 20.1 Å². The van der Waals surface area contributed by atoms with Crippen molar-refractivity contribution in [3.05, 3.63) is 24.1 Å². The third-order valence-electron chi connectivity index (χ3n) is 8.98. The van der Waals surface area contributed by atoms with Crippen LogP contribution in [0.2, 0.25) is 0 Å². The van der Waals surface area contributed by atoms with Gasteiger partial charge in [-0.2, -0.15) is 0 Å². The third kappa shape index (κ3) is 5.76. The molecule has 2 amide bonds. The highest BCUT2D eigenvalue weighted by atomic mass is 16.3. The van der Waals surface area contributed by atoms with Gasteiger partial charge in [-0.05, 0) is 71.4 Å². The van der Waals surface area contributed by atoms with Crippen molar-refractivity contribution in [1.82, 2.24) is 19.7 Å². The molecule has 7 nitrogen and oxygen atoms in total. The molecule has 3 heterocycles. The molecule has 0 spiro atoms. The summed E-state index contributed by atoms with van der Waals surface area (Å²) in [6.07, 6.45) is 13.4. The van der Waals surface area contributed by atoms with Gasteiger partial charge in [0.1, 0.15) is 11.2 Å². The van der Waals surface area contributed by atoms with Crippen molar-refractivity contribution in [1.29, 1.82) is 0 Å². The van der Waals surface area contributed by atoms with E-state index in [1.54, 1.807) is 6.26 Å². The van der Waals surface area contributed by atoms with Gasteiger partial charge < -0.3 is 24.1 Å². The normalized spacial score (nSPS) is 26.6. The number of aromatic nitrogens is 1. The number of furan rings is 1. The Morgan fingerprint density at radius 1 is 1.14 bits per heavy atom. The van der Waals surface area contributed by atoms with Gasteiger partial charge in [-0.15, -0.1) is 0 Å². The molecule has 3 aliphatic rings. The van der Waals surface area contributed by atoms with Gasteiger partial charge in [0.15, 0.2) is 5.58 Å². The maximum Gasteiger partial charge on any atom is 0.271 e. The molecule has 1 atom stereocenters. The molecule has 5 rings (SSSR count). The number of fused-ring (bicyclic) bond motifs is 3. The van der Waals surface area contributed by atoms with Crippen molar-refractivity contribution >= 4 is 22.9 Å². The average molecular weight is 513 g/mol. The lowest BCUT2D eigenvalue weighted by atomic mass is 9.86. The first kappa shape index (κ1) is 27.7. The Bertz CT molecular complexity index is 1040. The van der Waals surface area contributed by atoms with Crippen LogP contribution in [0.15, 0.2) is 22.8 Å². The van der Waals surface area contributed by atoms with E-state index in [0.717, 1.165) is 50.1 Å². The van der Waals surface area contributed by atoms with E-state index in [9.17, 15) is 9.59 Å². The van der Waals surface area contributed by atoms with Gasteiger partial charge in [0.25, 0.3) is 5.91 Å². The maximum atomic E-state index is 13.8. The number of hydrogen-bond acceptors (Lipinski definition) is 4. The van der Waals surface area contributed by atoms with E-state index in [-0.39, 0.29) is 17.9 Å². The number of nitrogens with zero attached hydrogens (tertiary/aromatic N) is 3. The van der Waals surface area contributed by atoms with Crippen LogP contribution in [0.25, 0.3) is 11.1 Å². The van der Waals surface area contributed by atoms with Gasteiger partial charge in [-0.3, -0.25) is 9.59 Å². The van der Waals surface area contributed by atoms with E-state index in [2.05, 4.69) is 24.2 Å². The number of nitrogens with one attached hydrogen (secondary N) is 1. The van der Waals surface area contributed by atoms with Gasteiger partial charge >= 0.3 is 0 Å². The fourth-order valence-electron chi connectivity index (χ4n) is 6.55. The van der Waals surface area contributed by atoms with Crippen LogP contribution in [0.4, 0.5) is 0 Å². The predicted molar refractivity (Wildman–Crippen MR) is 149 cm³/mol. The van der Waals surface area contributed by atoms with Crippen LogP contribution in [0.5, 0.6) is 0 Å². The standard InChI is InChI=1S/C28H42N4O3.C2H6/c1-20-10-12-21(13-11-20)29-27(34)28(2)19-31-23-14-17-35-25(23)18-24(31)26(33)32(28)16-7-15-30(3)22-8-5-4-6-9-22;1-2/h14,17-18,20-22H,4-13,15-16,19H2,1-3H3,(H,29,34);1-2H3. The summed E-state index contributed by atoms with van der Waals surface area (Å²) in [7, 11) is 2.21. The summed E-state index contributed by atoms with van der Waals surface area (Å²) in [5.41, 5.74) is 1.28. The van der Waals surface area contributed by atoms with Crippen molar-refractivity contribution < 1.29 is 14.0 Å². The SMILES string of the molecule is CC.CC1CCC(NC(=O)C2(C)Cn3c(cc4occc43)C(=O)N2CCCN(C)C2CCCCC2)CC1. The monoisotopic (exact) mass is 512 g/mol. The lowest BCUT2D eigenvalue weighted by Gasteiger charge is -2.45. The van der Waals surface area contributed by atoms with Crippen molar-refractivity contribution in [2.45, 2.75) is 116 Å².